The summed E-state index contributed by atoms with van der Waals surface area (Å²) in [5, 5.41) is 9.29. The maximum atomic E-state index is 13.1. The molecule has 1 aliphatic heterocycles. The van der Waals surface area contributed by atoms with Gasteiger partial charge in [0.05, 0.1) is 0 Å². The average molecular weight is 266 g/mol. The van der Waals surface area contributed by atoms with Crippen molar-refractivity contribution in [1.82, 2.24) is 4.90 Å². The summed E-state index contributed by atoms with van der Waals surface area (Å²) in [5.41, 5.74) is 1.04. The number of rotatable bonds is 3. The Balaban J connectivity index is 2.27. The molecule has 1 heterocycles. The summed E-state index contributed by atoms with van der Waals surface area (Å²) in [6, 6.07) is 7.35. The lowest BCUT2D eigenvalue weighted by molar-refractivity contribution is 0.252. The van der Waals surface area contributed by atoms with Crippen LogP contribution >= 0.6 is 0 Å². The van der Waals surface area contributed by atoms with Crippen molar-refractivity contribution >= 4 is 5.69 Å². The Kier molecular flexibility index (Phi) is 4.77. The molecule has 1 N–H and O–H groups in total. The smallest absolute Gasteiger partial charge is 0.123 e. The van der Waals surface area contributed by atoms with E-state index in [1.165, 1.54) is 12.1 Å². The zero-order valence-electron chi connectivity index (χ0n) is 11.7. The zero-order chi connectivity index (χ0) is 13.8. The molecule has 19 heavy (non-hydrogen) atoms. The molecule has 1 aliphatic rings. The zero-order valence-corrected chi connectivity index (χ0v) is 11.7. The third kappa shape index (κ3) is 3.45. The molecule has 4 heteroatoms. The standard InChI is InChI=1S/C15H23FN2O/c1-12-7-9-17(2)11-15(8-10-19)18(12)14-5-3-13(16)4-6-14/h3-6,12,15,19H,7-11H2,1-2H3. The second-order valence-corrected chi connectivity index (χ2v) is 5.45. The quantitative estimate of drug-likeness (QED) is 0.907. The Hall–Kier alpha value is -1.13. The molecule has 0 spiro atoms. The Bertz CT molecular complexity index is 396. The SMILES string of the molecule is CC1CCN(C)CC(CCO)N1c1ccc(F)cc1. The number of hydrogen-bond donors (Lipinski definition) is 1. The first-order valence-electron chi connectivity index (χ1n) is 6.95. The first-order chi connectivity index (χ1) is 9.11. The minimum atomic E-state index is -0.206. The average Bonchev–Trinajstić information content (AvgIpc) is 2.51. The van der Waals surface area contributed by atoms with Crippen molar-refractivity contribution in [3.8, 4) is 0 Å². The molecular weight excluding hydrogens is 243 g/mol. The minimum Gasteiger partial charge on any atom is -0.396 e. The van der Waals surface area contributed by atoms with E-state index in [-0.39, 0.29) is 18.5 Å². The second kappa shape index (κ2) is 6.35. The van der Waals surface area contributed by atoms with Gasteiger partial charge in [-0.3, -0.25) is 0 Å². The van der Waals surface area contributed by atoms with Crippen LogP contribution in [0.1, 0.15) is 19.8 Å². The van der Waals surface area contributed by atoms with Gasteiger partial charge in [0.15, 0.2) is 0 Å². The molecule has 0 bridgehead atoms. The van der Waals surface area contributed by atoms with Crippen molar-refractivity contribution in [3.63, 3.8) is 0 Å². The first kappa shape index (κ1) is 14.3. The van der Waals surface area contributed by atoms with E-state index in [4.69, 9.17) is 0 Å². The topological polar surface area (TPSA) is 26.7 Å². The summed E-state index contributed by atoms with van der Waals surface area (Å²) < 4.78 is 13.1. The highest BCUT2D eigenvalue weighted by atomic mass is 19.1. The van der Waals surface area contributed by atoms with Gasteiger partial charge in [-0.05, 0) is 57.6 Å². The van der Waals surface area contributed by atoms with Crippen molar-refractivity contribution in [3.05, 3.63) is 30.1 Å². The van der Waals surface area contributed by atoms with E-state index < -0.39 is 0 Å². The summed E-state index contributed by atoms with van der Waals surface area (Å²) in [4.78, 5) is 4.64. The highest BCUT2D eigenvalue weighted by molar-refractivity contribution is 5.48. The summed E-state index contributed by atoms with van der Waals surface area (Å²) in [7, 11) is 2.12. The van der Waals surface area contributed by atoms with Gasteiger partial charge in [0.1, 0.15) is 5.82 Å². The van der Waals surface area contributed by atoms with Gasteiger partial charge in [0, 0.05) is 30.9 Å². The van der Waals surface area contributed by atoms with Crippen molar-refractivity contribution in [2.24, 2.45) is 0 Å². The lowest BCUT2D eigenvalue weighted by Gasteiger charge is -2.37. The summed E-state index contributed by atoms with van der Waals surface area (Å²) in [6.07, 6.45) is 1.82. The van der Waals surface area contributed by atoms with Crippen molar-refractivity contribution in [2.45, 2.75) is 31.8 Å². The van der Waals surface area contributed by atoms with Gasteiger partial charge in [-0.25, -0.2) is 4.39 Å². The molecule has 1 fully saturated rings. The summed E-state index contributed by atoms with van der Waals surface area (Å²) in [5.74, 6) is -0.206. The van der Waals surface area contributed by atoms with Gasteiger partial charge in [-0.2, -0.15) is 0 Å². The van der Waals surface area contributed by atoms with Crippen LogP contribution in [0.3, 0.4) is 0 Å². The molecule has 2 atom stereocenters. The Morgan fingerprint density at radius 3 is 2.63 bits per heavy atom. The van der Waals surface area contributed by atoms with E-state index >= 15 is 0 Å². The third-order valence-electron chi connectivity index (χ3n) is 3.91. The van der Waals surface area contributed by atoms with Gasteiger partial charge in [0.2, 0.25) is 0 Å². The predicted octanol–water partition coefficient (Wildman–Crippen LogP) is 2.11. The lowest BCUT2D eigenvalue weighted by Crippen LogP contribution is -2.44. The van der Waals surface area contributed by atoms with Crippen molar-refractivity contribution < 1.29 is 9.50 Å². The van der Waals surface area contributed by atoms with Gasteiger partial charge >= 0.3 is 0 Å². The normalized spacial score (nSPS) is 25.4. The van der Waals surface area contributed by atoms with E-state index in [1.54, 1.807) is 0 Å². The van der Waals surface area contributed by atoms with Gasteiger partial charge in [-0.1, -0.05) is 0 Å². The fourth-order valence-electron chi connectivity index (χ4n) is 2.90. The molecule has 1 saturated heterocycles. The third-order valence-corrected chi connectivity index (χ3v) is 3.91. The lowest BCUT2D eigenvalue weighted by atomic mass is 10.1. The summed E-state index contributed by atoms with van der Waals surface area (Å²) >= 11 is 0. The van der Waals surface area contributed by atoms with Crippen LogP contribution in [0.5, 0.6) is 0 Å². The molecular formula is C15H23FN2O. The van der Waals surface area contributed by atoms with Crippen LogP contribution < -0.4 is 4.90 Å². The van der Waals surface area contributed by atoms with Crippen LogP contribution in [0.4, 0.5) is 10.1 Å². The molecule has 0 aliphatic carbocycles. The maximum Gasteiger partial charge on any atom is 0.123 e. The van der Waals surface area contributed by atoms with Crippen molar-refractivity contribution in [2.75, 3.05) is 31.6 Å². The molecule has 2 rings (SSSR count). The molecule has 0 saturated carbocycles. The van der Waals surface area contributed by atoms with E-state index in [0.29, 0.717) is 6.04 Å². The Labute approximate surface area is 114 Å². The molecule has 1 aromatic carbocycles. The molecule has 1 aromatic rings. The van der Waals surface area contributed by atoms with E-state index in [0.717, 1.165) is 31.6 Å². The fourth-order valence-corrected chi connectivity index (χ4v) is 2.90. The van der Waals surface area contributed by atoms with Crippen molar-refractivity contribution in [1.29, 1.82) is 0 Å². The number of nitrogens with zero attached hydrogens (tertiary/aromatic N) is 2. The molecule has 3 nitrogen and oxygen atoms in total. The van der Waals surface area contributed by atoms with Crippen LogP contribution in [0.25, 0.3) is 0 Å². The highest BCUT2D eigenvalue weighted by Crippen LogP contribution is 2.26. The monoisotopic (exact) mass is 266 g/mol. The van der Waals surface area contributed by atoms with Crippen LogP contribution in [0.15, 0.2) is 24.3 Å². The highest BCUT2D eigenvalue weighted by Gasteiger charge is 2.28. The van der Waals surface area contributed by atoms with Crippen LogP contribution in [-0.4, -0.2) is 48.8 Å². The molecule has 0 radical (unpaired) electrons. The van der Waals surface area contributed by atoms with Crippen LogP contribution in [-0.2, 0) is 0 Å². The van der Waals surface area contributed by atoms with Gasteiger partial charge < -0.3 is 14.9 Å². The van der Waals surface area contributed by atoms with Gasteiger partial charge in [-0.15, -0.1) is 0 Å². The van der Waals surface area contributed by atoms with E-state index in [2.05, 4.69) is 23.8 Å². The Morgan fingerprint density at radius 1 is 1.32 bits per heavy atom. The number of aliphatic hydroxyl groups is 1. The number of halogens is 1. The fraction of sp³-hybridized carbons (Fsp3) is 0.600. The van der Waals surface area contributed by atoms with Gasteiger partial charge in [0.25, 0.3) is 0 Å². The van der Waals surface area contributed by atoms with E-state index in [1.807, 2.05) is 12.1 Å². The largest absolute Gasteiger partial charge is 0.396 e. The number of benzene rings is 1. The molecule has 0 amide bonds. The number of hydrogen-bond acceptors (Lipinski definition) is 3. The number of anilines is 1. The van der Waals surface area contributed by atoms with Crippen LogP contribution in [0.2, 0.25) is 0 Å². The first-order valence-corrected chi connectivity index (χ1v) is 6.95. The minimum absolute atomic E-state index is 0.183. The molecule has 2 unspecified atom stereocenters. The molecule has 106 valence electrons. The predicted molar refractivity (Wildman–Crippen MR) is 75.9 cm³/mol. The molecule has 0 aromatic heterocycles. The number of aliphatic hydroxyl groups excluding tert-OH is 1. The van der Waals surface area contributed by atoms with E-state index in [9.17, 15) is 9.50 Å². The Morgan fingerprint density at radius 2 is 2.00 bits per heavy atom. The number of likely N-dealkylation sites (N-methyl/N-ethyl adjacent to an activating group) is 1. The maximum absolute atomic E-state index is 13.1. The summed E-state index contributed by atoms with van der Waals surface area (Å²) in [6.45, 7) is 4.37. The van der Waals surface area contributed by atoms with Crippen LogP contribution in [0, 0.1) is 5.82 Å². The second-order valence-electron chi connectivity index (χ2n) is 5.45.